The molecule has 1 aliphatic rings. The first kappa shape index (κ1) is 19.8. The smallest absolute Gasteiger partial charge is 0.335 e. The highest BCUT2D eigenvalue weighted by molar-refractivity contribution is 5.93. The number of benzene rings is 1. The molecule has 0 atom stereocenters. The van der Waals surface area contributed by atoms with Crippen LogP contribution < -0.4 is 5.32 Å². The average molecular weight is 379 g/mol. The van der Waals surface area contributed by atoms with E-state index in [9.17, 15) is 4.79 Å². The van der Waals surface area contributed by atoms with Crippen molar-refractivity contribution in [3.8, 4) is 11.3 Å². The average Bonchev–Trinajstić information content (AvgIpc) is 2.76. The number of pyridine rings is 2. The molecule has 3 heterocycles. The van der Waals surface area contributed by atoms with E-state index in [1.807, 2.05) is 32.2 Å². The Morgan fingerprint density at radius 3 is 2.54 bits per heavy atom. The third kappa shape index (κ3) is 4.46. The molecule has 0 saturated carbocycles. The number of nitrogens with one attached hydrogen (secondary N) is 1. The summed E-state index contributed by atoms with van der Waals surface area (Å²) in [7, 11) is 0. The highest BCUT2D eigenvalue weighted by Gasteiger charge is 2.16. The van der Waals surface area contributed by atoms with Gasteiger partial charge in [-0.05, 0) is 37.1 Å². The lowest BCUT2D eigenvalue weighted by Crippen LogP contribution is -2.28. The van der Waals surface area contributed by atoms with E-state index in [2.05, 4.69) is 10.3 Å². The van der Waals surface area contributed by atoms with E-state index >= 15 is 0 Å². The van der Waals surface area contributed by atoms with Gasteiger partial charge in [-0.1, -0.05) is 26.0 Å². The van der Waals surface area contributed by atoms with Gasteiger partial charge >= 0.3 is 5.97 Å². The van der Waals surface area contributed by atoms with Gasteiger partial charge in [-0.2, -0.15) is 0 Å². The molecule has 1 fully saturated rings. The molecule has 0 bridgehead atoms. The molecule has 4 rings (SSSR count). The minimum absolute atomic E-state index is 0.263. The number of aromatic carboxylic acids is 1. The number of hydrogen-bond acceptors (Lipinski definition) is 5. The van der Waals surface area contributed by atoms with Gasteiger partial charge in [0, 0.05) is 48.3 Å². The van der Waals surface area contributed by atoms with Crippen LogP contribution in [0.15, 0.2) is 48.8 Å². The zero-order valence-corrected chi connectivity index (χ0v) is 16.2. The van der Waals surface area contributed by atoms with Gasteiger partial charge < -0.3 is 15.2 Å². The van der Waals surface area contributed by atoms with Gasteiger partial charge in [-0.15, -0.1) is 0 Å². The summed E-state index contributed by atoms with van der Waals surface area (Å²) in [5, 5.41) is 13.7. The molecule has 0 aliphatic carbocycles. The van der Waals surface area contributed by atoms with E-state index in [1.54, 1.807) is 30.5 Å². The molecule has 0 spiro atoms. The summed E-state index contributed by atoms with van der Waals surface area (Å²) < 4.78 is 5.44. The van der Waals surface area contributed by atoms with Gasteiger partial charge in [0.2, 0.25) is 0 Å². The summed E-state index contributed by atoms with van der Waals surface area (Å²) in [6.45, 7) is 5.53. The van der Waals surface area contributed by atoms with Crippen molar-refractivity contribution in [2.24, 2.45) is 0 Å². The SMILES string of the molecule is CC.O=C(O)c1ccc(-c2cc(NC3CCOCC3)c3cnccc3n2)cc1. The molecule has 146 valence electrons. The quantitative estimate of drug-likeness (QED) is 0.688. The molecule has 1 aliphatic heterocycles. The van der Waals surface area contributed by atoms with E-state index < -0.39 is 5.97 Å². The second kappa shape index (κ2) is 9.28. The third-order valence-electron chi connectivity index (χ3n) is 4.62. The first-order valence-corrected chi connectivity index (χ1v) is 9.63. The molecule has 2 aromatic heterocycles. The number of nitrogens with zero attached hydrogens (tertiary/aromatic N) is 2. The Morgan fingerprint density at radius 2 is 1.86 bits per heavy atom. The molecule has 6 heteroatoms. The molecule has 0 amide bonds. The van der Waals surface area contributed by atoms with E-state index in [0.717, 1.165) is 53.9 Å². The van der Waals surface area contributed by atoms with Crippen LogP contribution >= 0.6 is 0 Å². The maximum absolute atomic E-state index is 11.1. The minimum Gasteiger partial charge on any atom is -0.478 e. The fourth-order valence-electron chi connectivity index (χ4n) is 3.18. The van der Waals surface area contributed by atoms with Crippen LogP contribution in [0.25, 0.3) is 22.2 Å². The summed E-state index contributed by atoms with van der Waals surface area (Å²) in [5.74, 6) is -0.934. The standard InChI is InChI=1S/C20H19N3O3.C2H6/c24-20(25)14-3-1-13(2-4-14)18-11-19(22-15-6-9-26-10-7-15)16-12-21-8-5-17(16)23-18;1-2/h1-5,8,11-12,15H,6-7,9-10H2,(H,22,23)(H,24,25);1-2H3. The molecule has 3 aromatic rings. The fraction of sp³-hybridized carbons (Fsp3) is 0.318. The molecule has 0 unspecified atom stereocenters. The van der Waals surface area contributed by atoms with Crippen molar-refractivity contribution in [3.05, 3.63) is 54.4 Å². The van der Waals surface area contributed by atoms with Crippen LogP contribution in [0.5, 0.6) is 0 Å². The lowest BCUT2D eigenvalue weighted by molar-refractivity contribution is 0.0697. The van der Waals surface area contributed by atoms with Crippen LogP contribution in [0.4, 0.5) is 5.69 Å². The first-order valence-electron chi connectivity index (χ1n) is 9.63. The molecule has 0 radical (unpaired) electrons. The van der Waals surface area contributed by atoms with Crippen molar-refractivity contribution in [2.75, 3.05) is 18.5 Å². The number of anilines is 1. The predicted octanol–water partition coefficient (Wildman–Crippen LogP) is 4.61. The number of carboxylic acids is 1. The van der Waals surface area contributed by atoms with Crippen LogP contribution in [0.3, 0.4) is 0 Å². The molecular formula is C22H25N3O3. The molecule has 6 nitrogen and oxygen atoms in total. The van der Waals surface area contributed by atoms with Crippen LogP contribution in [-0.4, -0.2) is 40.3 Å². The van der Waals surface area contributed by atoms with Gasteiger partial charge in [0.25, 0.3) is 0 Å². The zero-order valence-electron chi connectivity index (χ0n) is 16.2. The normalized spacial score (nSPS) is 14.2. The van der Waals surface area contributed by atoms with Crippen molar-refractivity contribution < 1.29 is 14.6 Å². The molecule has 1 aromatic carbocycles. The summed E-state index contributed by atoms with van der Waals surface area (Å²) in [6.07, 6.45) is 5.48. The predicted molar refractivity (Wildman–Crippen MR) is 111 cm³/mol. The van der Waals surface area contributed by atoms with Crippen LogP contribution in [0.1, 0.15) is 37.0 Å². The van der Waals surface area contributed by atoms with Gasteiger partial charge in [0.15, 0.2) is 0 Å². The highest BCUT2D eigenvalue weighted by Crippen LogP contribution is 2.29. The maximum Gasteiger partial charge on any atom is 0.335 e. The van der Waals surface area contributed by atoms with Gasteiger partial charge in [-0.3, -0.25) is 4.98 Å². The molecule has 28 heavy (non-hydrogen) atoms. The Labute approximate surface area is 164 Å². The summed E-state index contributed by atoms with van der Waals surface area (Å²) in [5.41, 5.74) is 3.79. The molecular weight excluding hydrogens is 354 g/mol. The second-order valence-electron chi connectivity index (χ2n) is 6.36. The molecule has 2 N–H and O–H groups in total. The Morgan fingerprint density at radius 1 is 1.14 bits per heavy atom. The summed E-state index contributed by atoms with van der Waals surface area (Å²) in [6, 6.07) is 11.0. The van der Waals surface area contributed by atoms with Crippen molar-refractivity contribution >= 4 is 22.6 Å². The third-order valence-corrected chi connectivity index (χ3v) is 4.62. The minimum atomic E-state index is -0.934. The Kier molecular flexibility index (Phi) is 6.55. The van der Waals surface area contributed by atoms with Gasteiger partial charge in [0.1, 0.15) is 0 Å². The second-order valence-corrected chi connectivity index (χ2v) is 6.36. The zero-order chi connectivity index (χ0) is 19.9. The van der Waals surface area contributed by atoms with Gasteiger partial charge in [0.05, 0.1) is 16.8 Å². The van der Waals surface area contributed by atoms with Crippen LogP contribution in [0.2, 0.25) is 0 Å². The van der Waals surface area contributed by atoms with E-state index in [-0.39, 0.29) is 5.56 Å². The van der Waals surface area contributed by atoms with Crippen LogP contribution in [0, 0.1) is 0 Å². The molecule has 1 saturated heterocycles. The van der Waals surface area contributed by atoms with E-state index in [0.29, 0.717) is 6.04 Å². The Balaban J connectivity index is 0.00000109. The number of carbonyl (C=O) groups is 1. The lowest BCUT2D eigenvalue weighted by atomic mass is 10.0. The van der Waals surface area contributed by atoms with E-state index in [4.69, 9.17) is 14.8 Å². The lowest BCUT2D eigenvalue weighted by Gasteiger charge is -2.25. The highest BCUT2D eigenvalue weighted by atomic mass is 16.5. The van der Waals surface area contributed by atoms with Gasteiger partial charge in [-0.25, -0.2) is 9.78 Å². The Hall–Kier alpha value is -2.99. The number of carboxylic acid groups (broad SMARTS) is 1. The summed E-state index contributed by atoms with van der Waals surface area (Å²) >= 11 is 0. The monoisotopic (exact) mass is 379 g/mol. The maximum atomic E-state index is 11.1. The Bertz CT molecular complexity index is 935. The largest absolute Gasteiger partial charge is 0.478 e. The number of aromatic nitrogens is 2. The van der Waals surface area contributed by atoms with Crippen molar-refractivity contribution in [1.29, 1.82) is 0 Å². The van der Waals surface area contributed by atoms with Crippen molar-refractivity contribution in [2.45, 2.75) is 32.7 Å². The van der Waals surface area contributed by atoms with Crippen LogP contribution in [-0.2, 0) is 4.74 Å². The topological polar surface area (TPSA) is 84.3 Å². The first-order chi connectivity index (χ1) is 13.7. The number of hydrogen-bond donors (Lipinski definition) is 2. The summed E-state index contributed by atoms with van der Waals surface area (Å²) in [4.78, 5) is 20.0. The number of fused-ring (bicyclic) bond motifs is 1. The fourth-order valence-corrected chi connectivity index (χ4v) is 3.18. The van der Waals surface area contributed by atoms with E-state index in [1.165, 1.54) is 0 Å². The van der Waals surface area contributed by atoms with Crippen molar-refractivity contribution in [1.82, 2.24) is 9.97 Å². The number of ether oxygens (including phenoxy) is 1. The van der Waals surface area contributed by atoms with Crippen molar-refractivity contribution in [3.63, 3.8) is 0 Å². The number of rotatable bonds is 4.